The van der Waals surface area contributed by atoms with Gasteiger partial charge >= 0.3 is 5.97 Å². The van der Waals surface area contributed by atoms with Crippen LogP contribution in [0.3, 0.4) is 0 Å². The van der Waals surface area contributed by atoms with Crippen LogP contribution in [0.5, 0.6) is 0 Å². The number of hydrogen-bond acceptors (Lipinski definition) is 1. The van der Waals surface area contributed by atoms with Gasteiger partial charge in [-0.25, -0.2) is 4.79 Å². The number of unbranched alkanes of at least 4 members (excludes halogenated alkanes) is 2. The van der Waals surface area contributed by atoms with Gasteiger partial charge in [-0.1, -0.05) is 43.0 Å². The summed E-state index contributed by atoms with van der Waals surface area (Å²) in [7, 11) is 0. The Kier molecular flexibility index (Phi) is 4.86. The number of carboxylic acid groups (broad SMARTS) is 1. The molecule has 0 unspecified atom stereocenters. The molecule has 0 aromatic heterocycles. The Hall–Kier alpha value is 0.0500. The molecule has 2 nitrogen and oxygen atoms in total. The van der Waals surface area contributed by atoms with Crippen LogP contribution in [-0.4, -0.2) is 15.4 Å². The first-order valence-electron chi connectivity index (χ1n) is 3.62. The Balaban J connectivity index is 3.64. The van der Waals surface area contributed by atoms with Gasteiger partial charge in [0.1, 0.15) is 0 Å². The van der Waals surface area contributed by atoms with Crippen LogP contribution in [0.2, 0.25) is 0 Å². The fraction of sp³-hybridized carbons (Fsp3) is 0.857. The van der Waals surface area contributed by atoms with E-state index in [0.29, 0.717) is 6.42 Å². The topological polar surface area (TPSA) is 37.3 Å². The minimum atomic E-state index is -1.59. The lowest BCUT2D eigenvalue weighted by Crippen LogP contribution is -2.25. The van der Waals surface area contributed by atoms with Gasteiger partial charge in [0.05, 0.1) is 0 Å². The second kappa shape index (κ2) is 4.83. The van der Waals surface area contributed by atoms with E-state index in [4.69, 9.17) is 28.3 Å². The molecule has 0 fully saturated rings. The van der Waals surface area contributed by atoms with Crippen LogP contribution in [0, 0.1) is 0 Å². The summed E-state index contributed by atoms with van der Waals surface area (Å²) in [4.78, 5) is 10.4. The lowest BCUT2D eigenvalue weighted by atomic mass is 10.1. The van der Waals surface area contributed by atoms with Crippen LogP contribution in [0.15, 0.2) is 0 Å². The molecule has 0 amide bonds. The second-order valence-electron chi connectivity index (χ2n) is 2.47. The first-order valence-corrected chi connectivity index (χ1v) is 4.37. The van der Waals surface area contributed by atoms with Gasteiger partial charge in [0.25, 0.3) is 0 Å². The van der Waals surface area contributed by atoms with E-state index >= 15 is 0 Å². The van der Waals surface area contributed by atoms with Crippen LogP contribution in [0.4, 0.5) is 0 Å². The molecular weight excluding hydrogens is 187 g/mol. The Morgan fingerprint density at radius 1 is 1.45 bits per heavy atom. The summed E-state index contributed by atoms with van der Waals surface area (Å²) in [6.07, 6.45) is 3.08. The summed E-state index contributed by atoms with van der Waals surface area (Å²) in [5, 5.41) is 8.48. The number of halogens is 2. The quantitative estimate of drug-likeness (QED) is 0.546. The number of aliphatic carboxylic acids is 1. The summed E-state index contributed by atoms with van der Waals surface area (Å²) in [6, 6.07) is 0. The molecule has 0 aromatic rings. The highest BCUT2D eigenvalue weighted by Crippen LogP contribution is 2.27. The predicted molar refractivity (Wildman–Crippen MR) is 46.2 cm³/mol. The fourth-order valence-corrected chi connectivity index (χ4v) is 0.971. The standard InChI is InChI=1S/C7H12Cl2O2/c1-2-3-4-5-7(8,9)6(10)11/h2-5H2,1H3,(H,10,11). The van der Waals surface area contributed by atoms with E-state index in [1.165, 1.54) is 0 Å². The summed E-state index contributed by atoms with van der Waals surface area (Å²) < 4.78 is -1.59. The van der Waals surface area contributed by atoms with Crippen LogP contribution < -0.4 is 0 Å². The normalized spacial score (nSPS) is 11.5. The smallest absolute Gasteiger partial charge is 0.340 e. The van der Waals surface area contributed by atoms with Gasteiger partial charge in [0, 0.05) is 0 Å². The minimum Gasteiger partial charge on any atom is -0.479 e. The van der Waals surface area contributed by atoms with E-state index in [2.05, 4.69) is 0 Å². The molecule has 0 saturated carbocycles. The van der Waals surface area contributed by atoms with Crippen molar-refractivity contribution in [3.05, 3.63) is 0 Å². The number of rotatable bonds is 5. The molecule has 0 heterocycles. The molecule has 0 spiro atoms. The lowest BCUT2D eigenvalue weighted by molar-refractivity contribution is -0.138. The van der Waals surface area contributed by atoms with E-state index in [0.717, 1.165) is 19.3 Å². The van der Waals surface area contributed by atoms with Crippen molar-refractivity contribution < 1.29 is 9.90 Å². The highest BCUT2D eigenvalue weighted by atomic mass is 35.5. The molecule has 0 radical (unpaired) electrons. The Labute approximate surface area is 76.5 Å². The molecule has 4 heteroatoms. The van der Waals surface area contributed by atoms with Crippen LogP contribution in [0.1, 0.15) is 32.6 Å². The van der Waals surface area contributed by atoms with E-state index in [1.807, 2.05) is 6.92 Å². The summed E-state index contributed by atoms with van der Waals surface area (Å²) in [5.41, 5.74) is 0. The van der Waals surface area contributed by atoms with Crippen molar-refractivity contribution in [2.24, 2.45) is 0 Å². The van der Waals surface area contributed by atoms with Gasteiger partial charge < -0.3 is 5.11 Å². The molecule has 11 heavy (non-hydrogen) atoms. The summed E-state index contributed by atoms with van der Waals surface area (Å²) >= 11 is 10.9. The molecule has 0 rings (SSSR count). The van der Waals surface area contributed by atoms with E-state index in [1.54, 1.807) is 0 Å². The van der Waals surface area contributed by atoms with Crippen molar-refractivity contribution >= 4 is 29.2 Å². The zero-order valence-electron chi connectivity index (χ0n) is 6.44. The van der Waals surface area contributed by atoms with Gasteiger partial charge in [0.2, 0.25) is 4.33 Å². The highest BCUT2D eigenvalue weighted by Gasteiger charge is 2.32. The van der Waals surface area contributed by atoms with Crippen molar-refractivity contribution in [3.8, 4) is 0 Å². The fourth-order valence-electron chi connectivity index (χ4n) is 0.704. The molecule has 0 bridgehead atoms. The summed E-state index contributed by atoms with van der Waals surface area (Å²) in [6.45, 7) is 2.03. The predicted octanol–water partition coefficient (Wildman–Crippen LogP) is 2.83. The maximum absolute atomic E-state index is 10.4. The highest BCUT2D eigenvalue weighted by molar-refractivity contribution is 6.57. The van der Waals surface area contributed by atoms with E-state index in [9.17, 15) is 4.79 Å². The van der Waals surface area contributed by atoms with Crippen LogP contribution in [0.25, 0.3) is 0 Å². The molecule has 0 aliphatic heterocycles. The Morgan fingerprint density at radius 2 is 2.00 bits per heavy atom. The Morgan fingerprint density at radius 3 is 2.36 bits per heavy atom. The van der Waals surface area contributed by atoms with Crippen LogP contribution in [-0.2, 0) is 4.79 Å². The van der Waals surface area contributed by atoms with Gasteiger partial charge in [-0.3, -0.25) is 0 Å². The molecule has 1 N–H and O–H groups in total. The van der Waals surface area contributed by atoms with Gasteiger partial charge in [-0.2, -0.15) is 0 Å². The average molecular weight is 199 g/mol. The second-order valence-corrected chi connectivity index (χ2v) is 3.95. The average Bonchev–Trinajstić information content (AvgIpc) is 1.88. The third kappa shape index (κ3) is 4.49. The molecule has 66 valence electrons. The van der Waals surface area contributed by atoms with Crippen LogP contribution >= 0.6 is 23.2 Å². The van der Waals surface area contributed by atoms with Crippen molar-refractivity contribution in [1.29, 1.82) is 0 Å². The summed E-state index contributed by atoms with van der Waals surface area (Å²) in [5.74, 6) is -1.16. The Bertz CT molecular complexity index is 134. The minimum absolute atomic E-state index is 0.319. The van der Waals surface area contributed by atoms with E-state index in [-0.39, 0.29) is 0 Å². The molecule has 0 aromatic carbocycles. The van der Waals surface area contributed by atoms with Gasteiger partial charge in [0.15, 0.2) is 0 Å². The molecule has 0 aliphatic carbocycles. The maximum Gasteiger partial charge on any atom is 0.340 e. The third-order valence-electron chi connectivity index (χ3n) is 1.41. The van der Waals surface area contributed by atoms with Crippen molar-refractivity contribution in [2.75, 3.05) is 0 Å². The number of carbonyl (C=O) groups is 1. The van der Waals surface area contributed by atoms with E-state index < -0.39 is 10.3 Å². The third-order valence-corrected chi connectivity index (χ3v) is 2.11. The first kappa shape index (κ1) is 11.1. The van der Waals surface area contributed by atoms with Crippen molar-refractivity contribution in [1.82, 2.24) is 0 Å². The zero-order chi connectivity index (χ0) is 8.91. The SMILES string of the molecule is CCCCCC(Cl)(Cl)C(=O)O. The van der Waals surface area contributed by atoms with Crippen molar-refractivity contribution in [3.63, 3.8) is 0 Å². The molecule has 0 aliphatic rings. The van der Waals surface area contributed by atoms with Gasteiger partial charge in [-0.05, 0) is 12.8 Å². The molecule has 0 saturated heterocycles. The molecular formula is C7H12Cl2O2. The maximum atomic E-state index is 10.4. The van der Waals surface area contributed by atoms with Crippen molar-refractivity contribution in [2.45, 2.75) is 36.9 Å². The largest absolute Gasteiger partial charge is 0.479 e. The van der Waals surface area contributed by atoms with Gasteiger partial charge in [-0.15, -0.1) is 0 Å². The molecule has 0 atom stereocenters. The number of alkyl halides is 2. The zero-order valence-corrected chi connectivity index (χ0v) is 7.95. The first-order chi connectivity index (χ1) is 5.00. The monoisotopic (exact) mass is 198 g/mol. The number of carboxylic acids is 1. The lowest BCUT2D eigenvalue weighted by Gasteiger charge is -2.12. The number of hydrogen-bond donors (Lipinski definition) is 1.